The molecule has 0 fully saturated rings. The standard InChI is InChI=1S/C22H28ClN3O3S2.C4H4O4/c23-17-5-2-1-4-15(17)8-10-24-9-3-12-30-13-11-25-14-19(28)16-6-7-18(27)20-21(16)31-22(29)26-20;5-3(6)1-2-4(7)8/h1-2,4-7,19,24-25,27-28H,3,8-14H2,(H,26,29);1-2H,(H,5,6)(H,7,8)/b;2-1+/t19-;/m0./s1. The minimum atomic E-state index is -1.26. The molecule has 0 amide bonds. The van der Waals surface area contributed by atoms with Crippen LogP contribution in [0.1, 0.15) is 23.7 Å². The Bertz CT molecular complexity index is 1280. The molecule has 10 nitrogen and oxygen atoms in total. The van der Waals surface area contributed by atoms with Crippen LogP contribution in [-0.4, -0.2) is 75.0 Å². The highest BCUT2D eigenvalue weighted by Gasteiger charge is 2.15. The first kappa shape index (κ1) is 32.3. The SMILES string of the molecule is O=C(O)/C=C/C(=O)O.O=c1[nH]c2c(O)ccc([C@@H](O)CNCCSCCCNCCc3ccccc3Cl)c2s1. The van der Waals surface area contributed by atoms with Gasteiger partial charge in [-0.3, -0.25) is 4.79 Å². The summed E-state index contributed by atoms with van der Waals surface area (Å²) in [5.41, 5.74) is 2.22. The Labute approximate surface area is 238 Å². The van der Waals surface area contributed by atoms with E-state index in [0.29, 0.717) is 34.5 Å². The summed E-state index contributed by atoms with van der Waals surface area (Å²) < 4.78 is 0.607. The van der Waals surface area contributed by atoms with Crippen LogP contribution < -0.4 is 15.5 Å². The molecule has 0 aliphatic rings. The number of H-pyrrole nitrogens is 1. The number of benzene rings is 2. The maximum atomic E-state index is 11.6. The van der Waals surface area contributed by atoms with E-state index in [1.165, 1.54) is 11.6 Å². The monoisotopic (exact) mass is 597 g/mol. The van der Waals surface area contributed by atoms with Gasteiger partial charge < -0.3 is 36.0 Å². The van der Waals surface area contributed by atoms with Gasteiger partial charge in [0, 0.05) is 41.6 Å². The number of aliphatic hydroxyl groups is 1. The molecule has 0 aliphatic carbocycles. The number of rotatable bonds is 15. The maximum absolute atomic E-state index is 11.6. The maximum Gasteiger partial charge on any atom is 0.328 e. The molecule has 39 heavy (non-hydrogen) atoms. The van der Waals surface area contributed by atoms with Crippen molar-refractivity contribution in [2.75, 3.05) is 37.7 Å². The molecule has 0 bridgehead atoms. The molecule has 13 heteroatoms. The van der Waals surface area contributed by atoms with Crippen LogP contribution in [0.15, 0.2) is 53.3 Å². The normalized spacial score (nSPS) is 11.8. The number of fused-ring (bicyclic) bond motifs is 1. The third-order valence-corrected chi connectivity index (χ3v) is 7.62. The number of carboxylic acid groups (broad SMARTS) is 2. The third kappa shape index (κ3) is 12.2. The number of aromatic hydroxyl groups is 1. The van der Waals surface area contributed by atoms with Crippen molar-refractivity contribution >= 4 is 56.9 Å². The summed E-state index contributed by atoms with van der Waals surface area (Å²) in [6.45, 7) is 3.11. The first-order valence-electron chi connectivity index (χ1n) is 12.1. The van der Waals surface area contributed by atoms with Crippen molar-refractivity contribution in [3.63, 3.8) is 0 Å². The van der Waals surface area contributed by atoms with Crippen molar-refractivity contribution in [3.8, 4) is 5.75 Å². The Morgan fingerprint density at radius 1 is 1.03 bits per heavy atom. The molecule has 0 aliphatic heterocycles. The van der Waals surface area contributed by atoms with E-state index in [2.05, 4.69) is 21.7 Å². The van der Waals surface area contributed by atoms with Crippen LogP contribution >= 0.6 is 34.7 Å². The molecule has 7 N–H and O–H groups in total. The zero-order valence-corrected chi connectivity index (χ0v) is 23.4. The number of phenolic OH excluding ortho intramolecular Hbond substituents is 1. The Morgan fingerprint density at radius 3 is 2.44 bits per heavy atom. The van der Waals surface area contributed by atoms with Crippen molar-refractivity contribution in [3.05, 3.63) is 74.4 Å². The fraction of sp³-hybridized carbons (Fsp3) is 0.346. The largest absolute Gasteiger partial charge is 0.506 e. The minimum Gasteiger partial charge on any atom is -0.506 e. The quantitative estimate of drug-likeness (QED) is 0.102. The van der Waals surface area contributed by atoms with Crippen LogP contribution in [0.25, 0.3) is 10.2 Å². The summed E-state index contributed by atoms with van der Waals surface area (Å²) in [4.78, 5) is 33.1. The number of thiazole rings is 1. The number of hydrogen-bond donors (Lipinski definition) is 7. The summed E-state index contributed by atoms with van der Waals surface area (Å²) in [5, 5.41) is 43.5. The molecule has 0 radical (unpaired) electrons. The van der Waals surface area contributed by atoms with Crippen molar-refractivity contribution in [1.29, 1.82) is 0 Å². The van der Waals surface area contributed by atoms with Gasteiger partial charge in [-0.2, -0.15) is 11.8 Å². The average Bonchev–Trinajstić information content (AvgIpc) is 3.29. The molecule has 212 valence electrons. The summed E-state index contributed by atoms with van der Waals surface area (Å²) in [6, 6.07) is 11.1. The van der Waals surface area contributed by atoms with Crippen LogP contribution in [0.3, 0.4) is 0 Å². The molecule has 0 saturated carbocycles. The van der Waals surface area contributed by atoms with Gasteiger partial charge >= 0.3 is 16.8 Å². The van der Waals surface area contributed by atoms with Gasteiger partial charge in [-0.15, -0.1) is 0 Å². The number of aromatic nitrogens is 1. The number of halogens is 1. The number of phenols is 1. The lowest BCUT2D eigenvalue weighted by molar-refractivity contribution is -0.134. The molecule has 0 saturated heterocycles. The lowest BCUT2D eigenvalue weighted by Gasteiger charge is -2.13. The lowest BCUT2D eigenvalue weighted by Crippen LogP contribution is -2.24. The number of hydrogen-bond acceptors (Lipinski definition) is 9. The second kappa shape index (κ2) is 17.7. The first-order chi connectivity index (χ1) is 18.7. The van der Waals surface area contributed by atoms with Crippen LogP contribution in [0, 0.1) is 0 Å². The first-order valence-corrected chi connectivity index (χ1v) is 14.4. The van der Waals surface area contributed by atoms with Crippen molar-refractivity contribution in [1.82, 2.24) is 15.6 Å². The predicted octanol–water partition coefficient (Wildman–Crippen LogP) is 3.24. The molecule has 1 atom stereocenters. The van der Waals surface area contributed by atoms with E-state index in [4.69, 9.17) is 21.8 Å². The lowest BCUT2D eigenvalue weighted by atomic mass is 10.1. The number of thioether (sulfide) groups is 1. The smallest absolute Gasteiger partial charge is 0.328 e. The number of carboxylic acids is 2. The average molecular weight is 598 g/mol. The van der Waals surface area contributed by atoms with Gasteiger partial charge in [-0.05, 0) is 49.4 Å². The second-order valence-corrected chi connectivity index (χ2v) is 10.8. The van der Waals surface area contributed by atoms with Crippen molar-refractivity contribution in [2.24, 2.45) is 0 Å². The zero-order valence-electron chi connectivity index (χ0n) is 21.1. The Balaban J connectivity index is 0.000000580. The third-order valence-electron chi connectivity index (χ3n) is 5.25. The van der Waals surface area contributed by atoms with E-state index in [-0.39, 0.29) is 10.6 Å². The summed E-state index contributed by atoms with van der Waals surface area (Å²) in [7, 11) is 0. The van der Waals surface area contributed by atoms with Gasteiger partial charge in [0.05, 0.1) is 10.8 Å². The van der Waals surface area contributed by atoms with E-state index in [0.717, 1.165) is 60.3 Å². The number of aromatic amines is 1. The van der Waals surface area contributed by atoms with Crippen LogP contribution in [0.5, 0.6) is 5.75 Å². The van der Waals surface area contributed by atoms with Gasteiger partial charge in [0.25, 0.3) is 0 Å². The zero-order chi connectivity index (χ0) is 28.6. The van der Waals surface area contributed by atoms with Crippen LogP contribution in [0.2, 0.25) is 5.02 Å². The van der Waals surface area contributed by atoms with E-state index < -0.39 is 18.0 Å². The fourth-order valence-electron chi connectivity index (χ4n) is 3.39. The topological polar surface area (TPSA) is 172 Å². The number of carbonyl (C=O) groups is 2. The summed E-state index contributed by atoms with van der Waals surface area (Å²) >= 11 is 9.04. The molecular weight excluding hydrogens is 566 g/mol. The molecule has 2 aromatic carbocycles. The Morgan fingerprint density at radius 2 is 1.74 bits per heavy atom. The molecule has 3 aromatic rings. The predicted molar refractivity (Wildman–Crippen MR) is 156 cm³/mol. The fourth-order valence-corrected chi connectivity index (χ4v) is 5.38. The highest BCUT2D eigenvalue weighted by Crippen LogP contribution is 2.31. The van der Waals surface area contributed by atoms with Crippen LogP contribution in [-0.2, 0) is 16.0 Å². The van der Waals surface area contributed by atoms with E-state index in [9.17, 15) is 24.6 Å². The minimum absolute atomic E-state index is 0.0204. The van der Waals surface area contributed by atoms with E-state index >= 15 is 0 Å². The van der Waals surface area contributed by atoms with Gasteiger partial charge in [0.1, 0.15) is 11.3 Å². The summed E-state index contributed by atoms with van der Waals surface area (Å²) in [5.74, 6) is -0.444. The molecule has 0 spiro atoms. The van der Waals surface area contributed by atoms with Gasteiger partial charge in [-0.1, -0.05) is 47.2 Å². The van der Waals surface area contributed by atoms with Crippen molar-refractivity contribution < 1.29 is 30.0 Å². The highest BCUT2D eigenvalue weighted by molar-refractivity contribution is 7.99. The Hall–Kier alpha value is -2.87. The number of aliphatic hydroxyl groups excluding tert-OH is 1. The van der Waals surface area contributed by atoms with Crippen molar-refractivity contribution in [2.45, 2.75) is 18.9 Å². The van der Waals surface area contributed by atoms with Gasteiger partial charge in [-0.25, -0.2) is 9.59 Å². The van der Waals surface area contributed by atoms with E-state index in [1.54, 1.807) is 6.07 Å². The molecule has 1 heterocycles. The Kier molecular flexibility index (Phi) is 14.6. The van der Waals surface area contributed by atoms with Gasteiger partial charge in [0.15, 0.2) is 0 Å². The van der Waals surface area contributed by atoms with Gasteiger partial charge in [0.2, 0.25) is 0 Å². The summed E-state index contributed by atoms with van der Waals surface area (Å²) in [6.07, 6.45) is 2.42. The number of aliphatic carboxylic acids is 2. The number of nitrogens with one attached hydrogen (secondary N) is 3. The highest BCUT2D eigenvalue weighted by atomic mass is 35.5. The molecule has 0 unspecified atom stereocenters. The molecule has 3 rings (SSSR count). The molecular formula is C26H32ClN3O7S2. The van der Waals surface area contributed by atoms with Crippen LogP contribution in [0.4, 0.5) is 0 Å². The van der Waals surface area contributed by atoms with E-state index in [1.807, 2.05) is 30.0 Å². The second-order valence-electron chi connectivity index (χ2n) is 8.18. The molecule has 1 aromatic heterocycles.